The van der Waals surface area contributed by atoms with E-state index in [0.717, 1.165) is 19.9 Å². The molecular formula is C15H10Br2ClNO2S. The van der Waals surface area contributed by atoms with Gasteiger partial charge in [0.05, 0.1) is 10.4 Å². The fraction of sp³-hybridized carbons (Fsp3) is 0.0667. The van der Waals surface area contributed by atoms with Gasteiger partial charge in [0.1, 0.15) is 0 Å². The third-order valence-corrected chi connectivity index (χ3v) is 6.33. The standard InChI is InChI=1S/C15H10Br2ClNO2S/c16-11-1-4-13(5-2-11)22(20,21)19-9-10(8-18)14-7-12(17)3-6-15(14)19/h1-7,9H,8H2. The predicted molar refractivity (Wildman–Crippen MR) is 95.9 cm³/mol. The summed E-state index contributed by atoms with van der Waals surface area (Å²) in [5, 5.41) is 0.824. The van der Waals surface area contributed by atoms with Gasteiger partial charge >= 0.3 is 0 Å². The van der Waals surface area contributed by atoms with Crippen LogP contribution in [-0.2, 0) is 15.9 Å². The van der Waals surface area contributed by atoms with E-state index >= 15 is 0 Å². The maximum absolute atomic E-state index is 12.9. The van der Waals surface area contributed by atoms with Crippen LogP contribution in [0, 0.1) is 0 Å². The summed E-state index contributed by atoms with van der Waals surface area (Å²) in [7, 11) is -3.66. The molecule has 0 unspecified atom stereocenters. The molecule has 2 aromatic carbocycles. The molecule has 0 fully saturated rings. The first-order valence-electron chi connectivity index (χ1n) is 6.30. The minimum Gasteiger partial charge on any atom is -0.241 e. The number of hydrogen-bond donors (Lipinski definition) is 0. The number of fused-ring (bicyclic) bond motifs is 1. The highest BCUT2D eigenvalue weighted by molar-refractivity contribution is 9.10. The van der Waals surface area contributed by atoms with Gasteiger partial charge in [-0.1, -0.05) is 31.9 Å². The SMILES string of the molecule is O=S(=O)(c1ccc(Br)cc1)n1cc(CCl)c2cc(Br)ccc21. The molecular weight excluding hydrogens is 453 g/mol. The fourth-order valence-corrected chi connectivity index (χ4v) is 4.49. The van der Waals surface area contributed by atoms with E-state index in [2.05, 4.69) is 31.9 Å². The summed E-state index contributed by atoms with van der Waals surface area (Å²) in [4.78, 5) is 0.233. The molecule has 0 atom stereocenters. The zero-order valence-corrected chi connectivity index (χ0v) is 15.9. The molecule has 3 aromatic rings. The Balaban J connectivity index is 2.27. The third kappa shape index (κ3) is 2.73. The molecule has 1 heterocycles. The van der Waals surface area contributed by atoms with Gasteiger partial charge in [-0.2, -0.15) is 0 Å². The normalized spacial score (nSPS) is 12.0. The van der Waals surface area contributed by atoms with Crippen molar-refractivity contribution in [1.29, 1.82) is 0 Å². The first-order chi connectivity index (χ1) is 10.4. The second kappa shape index (κ2) is 6.00. The molecule has 22 heavy (non-hydrogen) atoms. The van der Waals surface area contributed by atoms with Crippen molar-refractivity contribution in [3.8, 4) is 0 Å². The van der Waals surface area contributed by atoms with Crippen LogP contribution in [0.1, 0.15) is 5.56 Å². The molecule has 0 bridgehead atoms. The molecule has 0 saturated heterocycles. The van der Waals surface area contributed by atoms with E-state index in [9.17, 15) is 8.42 Å². The maximum Gasteiger partial charge on any atom is 0.268 e. The van der Waals surface area contributed by atoms with Gasteiger partial charge in [-0.3, -0.25) is 0 Å². The Hall–Kier alpha value is -0.820. The average Bonchev–Trinajstić information content (AvgIpc) is 2.86. The fourth-order valence-electron chi connectivity index (χ4n) is 2.26. The smallest absolute Gasteiger partial charge is 0.241 e. The molecule has 0 aliphatic carbocycles. The predicted octanol–water partition coefficient (Wildman–Crippen LogP) is 5.14. The largest absolute Gasteiger partial charge is 0.268 e. The van der Waals surface area contributed by atoms with Crippen molar-refractivity contribution in [2.24, 2.45) is 0 Å². The molecule has 1 aromatic heterocycles. The minimum atomic E-state index is -3.66. The van der Waals surface area contributed by atoms with Gasteiger partial charge in [0.15, 0.2) is 0 Å². The van der Waals surface area contributed by atoms with E-state index in [-0.39, 0.29) is 10.8 Å². The number of benzene rings is 2. The Kier molecular flexibility index (Phi) is 4.38. The molecule has 7 heteroatoms. The molecule has 0 radical (unpaired) electrons. The Morgan fingerprint density at radius 1 is 1.00 bits per heavy atom. The van der Waals surface area contributed by atoms with Crippen molar-refractivity contribution >= 4 is 64.4 Å². The van der Waals surface area contributed by atoms with Crippen molar-refractivity contribution in [3.63, 3.8) is 0 Å². The van der Waals surface area contributed by atoms with Gasteiger partial charge in [0.2, 0.25) is 0 Å². The summed E-state index contributed by atoms with van der Waals surface area (Å²) in [6.45, 7) is 0. The molecule has 0 amide bonds. The molecule has 0 saturated carbocycles. The van der Waals surface area contributed by atoms with Crippen LogP contribution in [0.25, 0.3) is 10.9 Å². The van der Waals surface area contributed by atoms with E-state index in [1.165, 1.54) is 3.97 Å². The highest BCUT2D eigenvalue weighted by atomic mass is 79.9. The highest BCUT2D eigenvalue weighted by Gasteiger charge is 2.21. The van der Waals surface area contributed by atoms with Gasteiger partial charge < -0.3 is 0 Å². The highest BCUT2D eigenvalue weighted by Crippen LogP contribution is 2.29. The number of alkyl halides is 1. The Bertz CT molecular complexity index is 950. The Morgan fingerprint density at radius 3 is 2.27 bits per heavy atom. The zero-order chi connectivity index (χ0) is 15.9. The quantitative estimate of drug-likeness (QED) is 0.505. The monoisotopic (exact) mass is 461 g/mol. The molecule has 0 spiro atoms. The van der Waals surface area contributed by atoms with Crippen molar-refractivity contribution in [3.05, 3.63) is 63.2 Å². The van der Waals surface area contributed by atoms with E-state index in [1.807, 2.05) is 12.1 Å². The number of hydrogen-bond acceptors (Lipinski definition) is 2. The Morgan fingerprint density at radius 2 is 1.64 bits per heavy atom. The van der Waals surface area contributed by atoms with Gasteiger partial charge in [-0.05, 0) is 48.0 Å². The van der Waals surface area contributed by atoms with Gasteiger partial charge in [-0.15, -0.1) is 11.6 Å². The van der Waals surface area contributed by atoms with Crippen LogP contribution in [0.15, 0.2) is 62.5 Å². The summed E-state index contributed by atoms with van der Waals surface area (Å²) < 4.78 is 28.7. The summed E-state index contributed by atoms with van der Waals surface area (Å²) in [5.41, 5.74) is 1.39. The van der Waals surface area contributed by atoms with Crippen LogP contribution in [0.3, 0.4) is 0 Å². The van der Waals surface area contributed by atoms with E-state index in [4.69, 9.17) is 11.6 Å². The average molecular weight is 464 g/mol. The van der Waals surface area contributed by atoms with Crippen LogP contribution in [0.2, 0.25) is 0 Å². The van der Waals surface area contributed by atoms with Crippen LogP contribution >= 0.6 is 43.5 Å². The van der Waals surface area contributed by atoms with E-state index in [0.29, 0.717) is 5.52 Å². The molecule has 3 nitrogen and oxygen atoms in total. The second-order valence-electron chi connectivity index (χ2n) is 4.70. The van der Waals surface area contributed by atoms with E-state index in [1.54, 1.807) is 36.5 Å². The lowest BCUT2D eigenvalue weighted by Crippen LogP contribution is -2.11. The van der Waals surface area contributed by atoms with Gasteiger partial charge in [0, 0.05) is 26.4 Å². The summed E-state index contributed by atoms with van der Waals surface area (Å²) >= 11 is 12.7. The lowest BCUT2D eigenvalue weighted by atomic mass is 10.2. The van der Waals surface area contributed by atoms with Crippen LogP contribution < -0.4 is 0 Å². The summed E-state index contributed by atoms with van der Waals surface area (Å²) in [6.07, 6.45) is 1.58. The first kappa shape index (κ1) is 16.1. The summed E-state index contributed by atoms with van der Waals surface area (Å²) in [6, 6.07) is 12.0. The molecule has 0 aliphatic rings. The van der Waals surface area contributed by atoms with Crippen LogP contribution in [-0.4, -0.2) is 12.4 Å². The summed E-state index contributed by atoms with van der Waals surface area (Å²) in [5.74, 6) is 0.246. The second-order valence-corrected chi connectivity index (χ2v) is 8.62. The topological polar surface area (TPSA) is 39.1 Å². The lowest BCUT2D eigenvalue weighted by molar-refractivity contribution is 0.589. The Labute approximate surface area is 150 Å². The van der Waals surface area contributed by atoms with Gasteiger partial charge in [0.25, 0.3) is 10.0 Å². The molecule has 0 N–H and O–H groups in total. The van der Waals surface area contributed by atoms with Crippen molar-refractivity contribution < 1.29 is 8.42 Å². The first-order valence-corrected chi connectivity index (χ1v) is 9.86. The van der Waals surface area contributed by atoms with Crippen LogP contribution in [0.5, 0.6) is 0 Å². The minimum absolute atomic E-state index is 0.233. The number of rotatable bonds is 3. The third-order valence-electron chi connectivity index (χ3n) is 3.33. The lowest BCUT2D eigenvalue weighted by Gasteiger charge is -2.07. The van der Waals surface area contributed by atoms with Gasteiger partial charge in [-0.25, -0.2) is 12.4 Å². The van der Waals surface area contributed by atoms with Crippen molar-refractivity contribution in [1.82, 2.24) is 3.97 Å². The molecule has 0 aliphatic heterocycles. The molecule has 114 valence electrons. The number of nitrogens with zero attached hydrogens (tertiary/aromatic N) is 1. The number of aromatic nitrogens is 1. The molecule has 3 rings (SSSR count). The van der Waals surface area contributed by atoms with Crippen molar-refractivity contribution in [2.75, 3.05) is 0 Å². The maximum atomic E-state index is 12.9. The van der Waals surface area contributed by atoms with Crippen LogP contribution in [0.4, 0.5) is 0 Å². The number of halogens is 3. The zero-order valence-electron chi connectivity index (χ0n) is 11.1. The van der Waals surface area contributed by atoms with E-state index < -0.39 is 10.0 Å². The van der Waals surface area contributed by atoms with Crippen molar-refractivity contribution in [2.45, 2.75) is 10.8 Å².